The second-order valence-corrected chi connectivity index (χ2v) is 5.27. The van der Waals surface area contributed by atoms with Crippen LogP contribution in [-0.4, -0.2) is 27.9 Å². The largest absolute Gasteiger partial charge is 0.321 e. The summed E-state index contributed by atoms with van der Waals surface area (Å²) in [5.41, 5.74) is 6.06. The highest BCUT2D eigenvalue weighted by molar-refractivity contribution is 5.04. The molecule has 3 N–H and O–H groups in total. The van der Waals surface area contributed by atoms with Gasteiger partial charge in [-0.25, -0.2) is 0 Å². The molecule has 1 saturated heterocycles. The fourth-order valence-corrected chi connectivity index (χ4v) is 2.96. The molecule has 0 bridgehead atoms. The molecule has 3 heterocycles. The summed E-state index contributed by atoms with van der Waals surface area (Å²) in [5, 5.41) is 12.0. The number of rotatable bonds is 2. The molecule has 3 rings (SSSR count). The van der Waals surface area contributed by atoms with Crippen LogP contribution in [0.5, 0.6) is 0 Å². The van der Waals surface area contributed by atoms with Crippen LogP contribution < -0.4 is 11.1 Å². The number of nitrogens with two attached hydrogens (primary N) is 1. The molecule has 2 aliphatic rings. The summed E-state index contributed by atoms with van der Waals surface area (Å²) in [7, 11) is 0. The van der Waals surface area contributed by atoms with E-state index >= 15 is 0 Å². The van der Waals surface area contributed by atoms with Gasteiger partial charge in [-0.3, -0.25) is 0 Å². The van der Waals surface area contributed by atoms with Gasteiger partial charge in [-0.15, -0.1) is 10.2 Å². The van der Waals surface area contributed by atoms with E-state index in [1.165, 1.54) is 12.8 Å². The van der Waals surface area contributed by atoms with Crippen molar-refractivity contribution in [1.82, 2.24) is 20.1 Å². The highest BCUT2D eigenvalue weighted by Gasteiger charge is 2.24. The van der Waals surface area contributed by atoms with E-state index in [0.717, 1.165) is 56.5 Å². The Bertz CT molecular complexity index is 380. The molecule has 1 atom stereocenters. The number of aromatic nitrogens is 3. The number of nitrogens with one attached hydrogen (secondary N) is 1. The van der Waals surface area contributed by atoms with E-state index in [4.69, 9.17) is 5.73 Å². The van der Waals surface area contributed by atoms with Gasteiger partial charge in [-0.05, 0) is 44.7 Å². The lowest BCUT2D eigenvalue weighted by Gasteiger charge is -2.24. The van der Waals surface area contributed by atoms with Crippen molar-refractivity contribution in [3.8, 4) is 0 Å². The van der Waals surface area contributed by atoms with Crippen molar-refractivity contribution in [2.45, 2.75) is 44.7 Å². The van der Waals surface area contributed by atoms with Gasteiger partial charge in [0.15, 0.2) is 0 Å². The molecule has 0 spiro atoms. The minimum Gasteiger partial charge on any atom is -0.321 e. The molecule has 1 unspecified atom stereocenters. The van der Waals surface area contributed by atoms with Crippen LogP contribution in [0.3, 0.4) is 0 Å². The van der Waals surface area contributed by atoms with E-state index in [1.807, 2.05) is 0 Å². The van der Waals surface area contributed by atoms with Crippen LogP contribution in [0.2, 0.25) is 0 Å². The second kappa shape index (κ2) is 4.74. The number of hydrogen-bond donors (Lipinski definition) is 2. The zero-order valence-corrected chi connectivity index (χ0v) is 10.2. The lowest BCUT2D eigenvalue weighted by atomic mass is 9.94. The van der Waals surface area contributed by atoms with Gasteiger partial charge in [0, 0.05) is 13.0 Å². The average Bonchev–Trinajstić information content (AvgIpc) is 2.76. The van der Waals surface area contributed by atoms with Crippen molar-refractivity contribution in [2.75, 3.05) is 13.1 Å². The molecule has 17 heavy (non-hydrogen) atoms. The van der Waals surface area contributed by atoms with Crippen LogP contribution in [-0.2, 0) is 13.0 Å². The summed E-state index contributed by atoms with van der Waals surface area (Å²) < 4.78 is 2.26. The Hall–Kier alpha value is -0.940. The molecular weight excluding hydrogens is 214 g/mol. The summed E-state index contributed by atoms with van der Waals surface area (Å²) in [6.45, 7) is 3.34. The zero-order chi connectivity index (χ0) is 11.7. The number of hydrogen-bond acceptors (Lipinski definition) is 4. The van der Waals surface area contributed by atoms with Crippen LogP contribution in [0.4, 0.5) is 0 Å². The summed E-state index contributed by atoms with van der Waals surface area (Å²) in [6, 6.07) is 0.0954. The SMILES string of the molecule is NC1CCCn2c(CC3CCNCC3)nnc21. The predicted octanol–water partition coefficient (Wildman–Crippen LogP) is 0.614. The van der Waals surface area contributed by atoms with Gasteiger partial charge >= 0.3 is 0 Å². The Morgan fingerprint density at radius 2 is 2.06 bits per heavy atom. The van der Waals surface area contributed by atoms with Gasteiger partial charge in [-0.2, -0.15) is 0 Å². The molecule has 0 amide bonds. The lowest BCUT2D eigenvalue weighted by Crippen LogP contribution is -2.30. The van der Waals surface area contributed by atoms with E-state index in [2.05, 4.69) is 20.1 Å². The van der Waals surface area contributed by atoms with Crippen LogP contribution in [0, 0.1) is 5.92 Å². The predicted molar refractivity (Wildman–Crippen MR) is 65.5 cm³/mol. The first kappa shape index (κ1) is 11.2. The third-order valence-electron chi connectivity index (χ3n) is 4.01. The van der Waals surface area contributed by atoms with Crippen molar-refractivity contribution >= 4 is 0 Å². The van der Waals surface area contributed by atoms with Gasteiger partial charge < -0.3 is 15.6 Å². The maximum Gasteiger partial charge on any atom is 0.149 e. The second-order valence-electron chi connectivity index (χ2n) is 5.27. The molecular formula is C12H21N5. The van der Waals surface area contributed by atoms with Gasteiger partial charge in [0.1, 0.15) is 11.6 Å². The number of nitrogens with zero attached hydrogens (tertiary/aromatic N) is 3. The van der Waals surface area contributed by atoms with Gasteiger partial charge in [0.25, 0.3) is 0 Å². The molecule has 5 nitrogen and oxygen atoms in total. The third kappa shape index (κ3) is 2.21. The molecule has 5 heteroatoms. The monoisotopic (exact) mass is 235 g/mol. The van der Waals surface area contributed by atoms with E-state index < -0.39 is 0 Å². The Morgan fingerprint density at radius 3 is 2.88 bits per heavy atom. The average molecular weight is 235 g/mol. The van der Waals surface area contributed by atoms with Crippen LogP contribution in [0.1, 0.15) is 43.4 Å². The van der Waals surface area contributed by atoms with E-state index in [9.17, 15) is 0 Å². The van der Waals surface area contributed by atoms with Crippen LogP contribution in [0.25, 0.3) is 0 Å². The summed E-state index contributed by atoms with van der Waals surface area (Å²) in [4.78, 5) is 0. The lowest BCUT2D eigenvalue weighted by molar-refractivity contribution is 0.356. The highest BCUT2D eigenvalue weighted by Crippen LogP contribution is 2.24. The smallest absolute Gasteiger partial charge is 0.149 e. The topological polar surface area (TPSA) is 68.8 Å². The Kier molecular flexibility index (Phi) is 3.11. The molecule has 1 aromatic rings. The maximum absolute atomic E-state index is 6.06. The normalized spacial score (nSPS) is 25.8. The first-order valence-corrected chi connectivity index (χ1v) is 6.73. The summed E-state index contributed by atoms with van der Waals surface area (Å²) >= 11 is 0. The number of piperidine rings is 1. The van der Waals surface area contributed by atoms with E-state index in [0.29, 0.717) is 0 Å². The van der Waals surface area contributed by atoms with Crippen molar-refractivity contribution in [3.05, 3.63) is 11.6 Å². The molecule has 1 fully saturated rings. The zero-order valence-electron chi connectivity index (χ0n) is 10.2. The minimum atomic E-state index is 0.0954. The number of fused-ring (bicyclic) bond motifs is 1. The Morgan fingerprint density at radius 1 is 1.24 bits per heavy atom. The summed E-state index contributed by atoms with van der Waals surface area (Å²) in [5.74, 6) is 2.92. The van der Waals surface area contributed by atoms with Crippen molar-refractivity contribution in [3.63, 3.8) is 0 Å². The molecule has 0 aromatic carbocycles. The molecule has 0 saturated carbocycles. The molecule has 2 aliphatic heterocycles. The standard InChI is InChI=1S/C12H21N5/c13-10-2-1-7-17-11(15-16-12(10)17)8-9-3-5-14-6-4-9/h9-10,14H,1-8,13H2. The minimum absolute atomic E-state index is 0.0954. The quantitative estimate of drug-likeness (QED) is 0.788. The fourth-order valence-electron chi connectivity index (χ4n) is 2.96. The third-order valence-corrected chi connectivity index (χ3v) is 4.01. The van der Waals surface area contributed by atoms with Crippen molar-refractivity contribution in [2.24, 2.45) is 11.7 Å². The van der Waals surface area contributed by atoms with Crippen LogP contribution in [0.15, 0.2) is 0 Å². The van der Waals surface area contributed by atoms with E-state index in [1.54, 1.807) is 0 Å². The highest BCUT2D eigenvalue weighted by atomic mass is 15.3. The van der Waals surface area contributed by atoms with Crippen molar-refractivity contribution in [1.29, 1.82) is 0 Å². The van der Waals surface area contributed by atoms with Crippen LogP contribution >= 0.6 is 0 Å². The molecule has 0 radical (unpaired) electrons. The first-order valence-electron chi connectivity index (χ1n) is 6.73. The fraction of sp³-hybridized carbons (Fsp3) is 0.833. The molecule has 0 aliphatic carbocycles. The maximum atomic E-state index is 6.06. The summed E-state index contributed by atoms with van der Waals surface area (Å²) in [6.07, 6.45) is 5.79. The van der Waals surface area contributed by atoms with Gasteiger partial charge in [-0.1, -0.05) is 0 Å². The van der Waals surface area contributed by atoms with Gasteiger partial charge in [0.05, 0.1) is 6.04 Å². The molecule has 1 aromatic heterocycles. The Labute approximate surface area is 102 Å². The van der Waals surface area contributed by atoms with E-state index in [-0.39, 0.29) is 6.04 Å². The van der Waals surface area contributed by atoms with Gasteiger partial charge in [0.2, 0.25) is 0 Å². The Balaban J connectivity index is 1.74. The van der Waals surface area contributed by atoms with Crippen molar-refractivity contribution < 1.29 is 0 Å². The first-order chi connectivity index (χ1) is 8.34. The molecule has 94 valence electrons.